The Kier molecular flexibility index (Phi) is 5.09. The van der Waals surface area contributed by atoms with Crippen LogP contribution < -0.4 is 4.74 Å². The molecule has 8 rings (SSSR count). The van der Waals surface area contributed by atoms with Gasteiger partial charge in [0.15, 0.2) is 0 Å². The highest BCUT2D eigenvalue weighted by molar-refractivity contribution is 6.24. The minimum atomic E-state index is 0.508. The topological polar surface area (TPSA) is 9.23 Å². The van der Waals surface area contributed by atoms with Gasteiger partial charge in [-0.2, -0.15) is 0 Å². The first kappa shape index (κ1) is 23.0. The fourth-order valence-corrected chi connectivity index (χ4v) is 6.56. The van der Waals surface area contributed by atoms with Crippen molar-refractivity contribution in [2.75, 3.05) is 0 Å². The minimum Gasteiger partial charge on any atom is -0.456 e. The Morgan fingerprint density at radius 2 is 1.00 bits per heavy atom. The van der Waals surface area contributed by atoms with Crippen molar-refractivity contribution < 1.29 is 4.74 Å². The van der Waals surface area contributed by atoms with E-state index in [1.165, 1.54) is 65.7 Å². The molecule has 1 nitrogen and oxygen atoms in total. The fourth-order valence-electron chi connectivity index (χ4n) is 6.56. The lowest BCUT2D eigenvalue weighted by Crippen LogP contribution is -1.98. The Morgan fingerprint density at radius 3 is 1.68 bits per heavy atom. The molecule has 0 amide bonds. The van der Waals surface area contributed by atoms with Crippen LogP contribution in [0.2, 0.25) is 0 Å². The van der Waals surface area contributed by atoms with E-state index in [2.05, 4.69) is 135 Å². The van der Waals surface area contributed by atoms with E-state index in [0.717, 1.165) is 17.1 Å². The zero-order valence-electron chi connectivity index (χ0n) is 22.6. The standard InChI is InChI=1S/C39H28O/c1-24(2)25-18-20-26(21-19-25)37-29-11-3-5-13-31(29)38(32-14-6-4-12-30(32)37)34-22-23-36-39-28(15-9-16-33(34)39)27-10-7-8-17-35(27)40-36/h3-24H,1-2H3. The molecular formula is C39H28O. The molecule has 0 fully saturated rings. The summed E-state index contributed by atoms with van der Waals surface area (Å²) in [5.41, 5.74) is 8.80. The summed E-state index contributed by atoms with van der Waals surface area (Å²) >= 11 is 0. The van der Waals surface area contributed by atoms with Crippen LogP contribution in [-0.4, -0.2) is 0 Å². The number of fused-ring (bicyclic) bond motifs is 4. The Balaban J connectivity index is 1.47. The molecule has 0 saturated heterocycles. The average molecular weight is 513 g/mol. The molecule has 0 spiro atoms. The van der Waals surface area contributed by atoms with E-state index in [1.807, 2.05) is 6.07 Å². The van der Waals surface area contributed by atoms with Crippen molar-refractivity contribution in [1.82, 2.24) is 0 Å². The number of rotatable bonds is 3. The normalized spacial score (nSPS) is 12.2. The van der Waals surface area contributed by atoms with Crippen LogP contribution >= 0.6 is 0 Å². The quantitative estimate of drug-likeness (QED) is 0.214. The van der Waals surface area contributed by atoms with Gasteiger partial charge in [0, 0.05) is 10.9 Å². The number of ether oxygens (including phenoxy) is 1. The van der Waals surface area contributed by atoms with Crippen LogP contribution in [-0.2, 0) is 0 Å². The van der Waals surface area contributed by atoms with Crippen LogP contribution in [0.3, 0.4) is 0 Å². The highest BCUT2D eigenvalue weighted by atomic mass is 16.5. The van der Waals surface area contributed by atoms with Gasteiger partial charge in [0.05, 0.1) is 0 Å². The molecule has 0 unspecified atom stereocenters. The first-order valence-electron chi connectivity index (χ1n) is 14.1. The molecule has 0 saturated carbocycles. The van der Waals surface area contributed by atoms with Crippen molar-refractivity contribution in [3.63, 3.8) is 0 Å². The molecule has 7 aromatic carbocycles. The molecule has 0 N–H and O–H groups in total. The van der Waals surface area contributed by atoms with Gasteiger partial charge < -0.3 is 4.74 Å². The maximum atomic E-state index is 6.42. The van der Waals surface area contributed by atoms with E-state index in [0.29, 0.717) is 5.92 Å². The summed E-state index contributed by atoms with van der Waals surface area (Å²) in [7, 11) is 0. The van der Waals surface area contributed by atoms with Crippen molar-refractivity contribution in [1.29, 1.82) is 0 Å². The number of para-hydroxylation sites is 1. The second kappa shape index (κ2) is 8.83. The summed E-state index contributed by atoms with van der Waals surface area (Å²) in [5, 5.41) is 7.48. The van der Waals surface area contributed by atoms with Crippen molar-refractivity contribution in [3.05, 3.63) is 133 Å². The first-order valence-corrected chi connectivity index (χ1v) is 14.1. The van der Waals surface area contributed by atoms with Gasteiger partial charge in [-0.3, -0.25) is 0 Å². The monoisotopic (exact) mass is 512 g/mol. The highest BCUT2D eigenvalue weighted by Gasteiger charge is 2.23. The summed E-state index contributed by atoms with van der Waals surface area (Å²) in [6.45, 7) is 4.50. The molecule has 1 aliphatic rings. The third kappa shape index (κ3) is 3.34. The third-order valence-corrected chi connectivity index (χ3v) is 8.47. The van der Waals surface area contributed by atoms with Crippen LogP contribution in [0.25, 0.3) is 65.7 Å². The van der Waals surface area contributed by atoms with E-state index < -0.39 is 0 Å². The summed E-state index contributed by atoms with van der Waals surface area (Å²) < 4.78 is 6.42. The summed E-state index contributed by atoms with van der Waals surface area (Å²) in [6, 6.07) is 46.3. The zero-order valence-corrected chi connectivity index (χ0v) is 22.6. The molecule has 1 heterocycles. The van der Waals surface area contributed by atoms with Gasteiger partial charge in [-0.05, 0) is 84.4 Å². The van der Waals surface area contributed by atoms with Gasteiger partial charge in [-0.1, -0.05) is 123 Å². The highest BCUT2D eigenvalue weighted by Crippen LogP contribution is 2.51. The predicted octanol–water partition coefficient (Wildman–Crippen LogP) is 11.4. The van der Waals surface area contributed by atoms with E-state index >= 15 is 0 Å². The molecule has 0 aromatic heterocycles. The third-order valence-electron chi connectivity index (χ3n) is 8.47. The largest absolute Gasteiger partial charge is 0.456 e. The van der Waals surface area contributed by atoms with Crippen LogP contribution in [0, 0.1) is 0 Å². The van der Waals surface area contributed by atoms with Gasteiger partial charge in [0.1, 0.15) is 11.5 Å². The van der Waals surface area contributed by atoms with Crippen LogP contribution in [0.5, 0.6) is 11.5 Å². The molecule has 1 aliphatic heterocycles. The maximum Gasteiger partial charge on any atom is 0.135 e. The van der Waals surface area contributed by atoms with Crippen LogP contribution in [0.4, 0.5) is 0 Å². The molecule has 0 radical (unpaired) electrons. The molecule has 0 atom stereocenters. The van der Waals surface area contributed by atoms with Gasteiger partial charge in [0.25, 0.3) is 0 Å². The Labute approximate surface area is 234 Å². The molecule has 1 heteroatoms. The van der Waals surface area contributed by atoms with Gasteiger partial charge in [0.2, 0.25) is 0 Å². The van der Waals surface area contributed by atoms with E-state index in [4.69, 9.17) is 4.74 Å². The maximum absolute atomic E-state index is 6.42. The zero-order chi connectivity index (χ0) is 26.8. The van der Waals surface area contributed by atoms with Crippen molar-refractivity contribution >= 4 is 32.3 Å². The SMILES string of the molecule is CC(C)c1ccc(-c2c3ccccc3c(-c3ccc4c5c(cccc35)-c3ccccc3O4)c3ccccc23)cc1. The van der Waals surface area contributed by atoms with Gasteiger partial charge in [-0.25, -0.2) is 0 Å². The second-order valence-corrected chi connectivity index (χ2v) is 11.1. The van der Waals surface area contributed by atoms with E-state index in [1.54, 1.807) is 0 Å². The predicted molar refractivity (Wildman–Crippen MR) is 169 cm³/mol. The molecule has 40 heavy (non-hydrogen) atoms. The lowest BCUT2D eigenvalue weighted by Gasteiger charge is -2.24. The minimum absolute atomic E-state index is 0.508. The van der Waals surface area contributed by atoms with Gasteiger partial charge in [-0.15, -0.1) is 0 Å². The lowest BCUT2D eigenvalue weighted by molar-refractivity contribution is 0.487. The van der Waals surface area contributed by atoms with E-state index in [9.17, 15) is 0 Å². The Morgan fingerprint density at radius 1 is 0.425 bits per heavy atom. The summed E-state index contributed by atoms with van der Waals surface area (Å²) in [6.07, 6.45) is 0. The summed E-state index contributed by atoms with van der Waals surface area (Å²) in [4.78, 5) is 0. The molecule has 7 aromatic rings. The molecule has 0 aliphatic carbocycles. The van der Waals surface area contributed by atoms with Crippen molar-refractivity contribution in [2.45, 2.75) is 19.8 Å². The molecule has 190 valence electrons. The molecule has 0 bridgehead atoms. The molecular weight excluding hydrogens is 484 g/mol. The number of hydrogen-bond acceptors (Lipinski definition) is 1. The Hall–Kier alpha value is -4.88. The average Bonchev–Trinajstić information content (AvgIpc) is 3.00. The van der Waals surface area contributed by atoms with Crippen LogP contribution in [0.1, 0.15) is 25.3 Å². The van der Waals surface area contributed by atoms with Crippen molar-refractivity contribution in [3.8, 4) is 44.9 Å². The van der Waals surface area contributed by atoms with Crippen molar-refractivity contribution in [2.24, 2.45) is 0 Å². The Bertz CT molecular complexity index is 2040. The second-order valence-electron chi connectivity index (χ2n) is 11.1. The number of benzene rings is 7. The first-order chi connectivity index (χ1) is 19.7. The van der Waals surface area contributed by atoms with E-state index in [-0.39, 0.29) is 0 Å². The number of hydrogen-bond donors (Lipinski definition) is 0. The van der Waals surface area contributed by atoms with Gasteiger partial charge >= 0.3 is 0 Å². The smallest absolute Gasteiger partial charge is 0.135 e. The summed E-state index contributed by atoms with van der Waals surface area (Å²) in [5.74, 6) is 2.34. The van der Waals surface area contributed by atoms with Crippen LogP contribution in [0.15, 0.2) is 127 Å². The fraction of sp³-hybridized carbons (Fsp3) is 0.0769. The lowest BCUT2D eigenvalue weighted by atomic mass is 9.83.